The molecular weight excluding hydrogens is 222 g/mol. The van der Waals surface area contributed by atoms with Crippen molar-refractivity contribution in [3.05, 3.63) is 23.9 Å². The van der Waals surface area contributed by atoms with Gasteiger partial charge in [0, 0.05) is 30.9 Å². The molecule has 0 spiro atoms. The Hall–Kier alpha value is -0.800. The summed E-state index contributed by atoms with van der Waals surface area (Å²) in [5.41, 5.74) is 1.13. The summed E-state index contributed by atoms with van der Waals surface area (Å²) in [5.74, 6) is 1.59. The van der Waals surface area contributed by atoms with E-state index in [1.165, 1.54) is 6.42 Å². The molecular formula is C12H18ClN3. The molecule has 1 aliphatic heterocycles. The van der Waals surface area contributed by atoms with Gasteiger partial charge in [-0.3, -0.25) is 0 Å². The van der Waals surface area contributed by atoms with E-state index in [9.17, 15) is 0 Å². The number of anilines is 1. The van der Waals surface area contributed by atoms with E-state index in [0.717, 1.165) is 24.5 Å². The number of aromatic nitrogens is 1. The normalized spacial score (nSPS) is 20.8. The first-order valence-corrected chi connectivity index (χ1v) is 6.17. The van der Waals surface area contributed by atoms with Gasteiger partial charge in [0.25, 0.3) is 0 Å². The largest absolute Gasteiger partial charge is 0.355 e. The van der Waals surface area contributed by atoms with E-state index in [0.29, 0.717) is 11.9 Å². The molecule has 0 amide bonds. The zero-order chi connectivity index (χ0) is 11.5. The van der Waals surface area contributed by atoms with Gasteiger partial charge in [-0.2, -0.15) is 0 Å². The molecule has 1 saturated heterocycles. The first-order valence-electron chi connectivity index (χ1n) is 5.63. The minimum absolute atomic E-state index is 0.534. The van der Waals surface area contributed by atoms with Crippen LogP contribution in [0.3, 0.4) is 0 Å². The molecule has 1 aromatic heterocycles. The van der Waals surface area contributed by atoms with Crippen molar-refractivity contribution in [1.29, 1.82) is 0 Å². The third kappa shape index (κ3) is 2.30. The number of pyridine rings is 1. The molecule has 0 N–H and O–H groups in total. The second kappa shape index (κ2) is 5.02. The summed E-state index contributed by atoms with van der Waals surface area (Å²) in [4.78, 5) is 9.07. The van der Waals surface area contributed by atoms with Crippen molar-refractivity contribution in [3.63, 3.8) is 0 Å². The fourth-order valence-corrected chi connectivity index (χ4v) is 2.38. The number of nitrogens with zero attached hydrogens (tertiary/aromatic N) is 3. The second-order valence-electron chi connectivity index (χ2n) is 4.47. The number of hydrogen-bond acceptors (Lipinski definition) is 3. The lowest BCUT2D eigenvalue weighted by Gasteiger charge is -2.22. The molecule has 16 heavy (non-hydrogen) atoms. The maximum atomic E-state index is 5.93. The van der Waals surface area contributed by atoms with Crippen molar-refractivity contribution in [2.45, 2.75) is 18.3 Å². The van der Waals surface area contributed by atoms with Crippen LogP contribution in [0.5, 0.6) is 0 Å². The van der Waals surface area contributed by atoms with Gasteiger partial charge in [-0.25, -0.2) is 4.98 Å². The average Bonchev–Trinajstić information content (AvgIpc) is 2.78. The first-order chi connectivity index (χ1) is 7.72. The predicted octanol–water partition coefficient (Wildman–Crippen LogP) is 1.96. The standard InChI is InChI=1S/C12H18ClN3/c1-15(2)11-5-7-16(9-11)12-10(8-13)4-3-6-14-12/h3-4,6,11H,5,7-9H2,1-2H3. The van der Waals surface area contributed by atoms with Gasteiger partial charge in [0.05, 0.1) is 5.88 Å². The van der Waals surface area contributed by atoms with Crippen LogP contribution >= 0.6 is 11.6 Å². The molecule has 88 valence electrons. The van der Waals surface area contributed by atoms with E-state index >= 15 is 0 Å². The van der Waals surface area contributed by atoms with Crippen molar-refractivity contribution in [2.24, 2.45) is 0 Å². The maximum Gasteiger partial charge on any atom is 0.132 e. The van der Waals surface area contributed by atoms with Gasteiger partial charge in [-0.05, 0) is 26.6 Å². The molecule has 0 aromatic carbocycles. The van der Waals surface area contributed by atoms with Gasteiger partial charge in [-0.1, -0.05) is 6.07 Å². The van der Waals surface area contributed by atoms with Crippen LogP contribution in [0.25, 0.3) is 0 Å². The molecule has 0 aliphatic carbocycles. The smallest absolute Gasteiger partial charge is 0.132 e. The summed E-state index contributed by atoms with van der Waals surface area (Å²) >= 11 is 5.93. The monoisotopic (exact) mass is 239 g/mol. The van der Waals surface area contributed by atoms with E-state index in [1.807, 2.05) is 12.3 Å². The Morgan fingerprint density at radius 3 is 3.00 bits per heavy atom. The summed E-state index contributed by atoms with van der Waals surface area (Å²) in [6.07, 6.45) is 3.04. The van der Waals surface area contributed by atoms with Crippen molar-refractivity contribution < 1.29 is 0 Å². The number of halogens is 1. The molecule has 3 nitrogen and oxygen atoms in total. The summed E-state index contributed by atoms with van der Waals surface area (Å²) in [6.45, 7) is 2.12. The molecule has 0 bridgehead atoms. The van der Waals surface area contributed by atoms with Crippen molar-refractivity contribution in [3.8, 4) is 0 Å². The van der Waals surface area contributed by atoms with Gasteiger partial charge in [0.1, 0.15) is 5.82 Å². The van der Waals surface area contributed by atoms with E-state index in [-0.39, 0.29) is 0 Å². The topological polar surface area (TPSA) is 19.4 Å². The predicted molar refractivity (Wildman–Crippen MR) is 68.1 cm³/mol. The molecule has 4 heteroatoms. The maximum absolute atomic E-state index is 5.93. The molecule has 1 unspecified atom stereocenters. The Bertz CT molecular complexity index is 354. The van der Waals surface area contributed by atoms with Crippen molar-refractivity contribution in [2.75, 3.05) is 32.1 Å². The summed E-state index contributed by atoms with van der Waals surface area (Å²) in [6, 6.07) is 4.63. The Labute approximate surface area is 102 Å². The summed E-state index contributed by atoms with van der Waals surface area (Å²) < 4.78 is 0. The Morgan fingerprint density at radius 1 is 1.56 bits per heavy atom. The summed E-state index contributed by atoms with van der Waals surface area (Å²) in [7, 11) is 4.27. The highest BCUT2D eigenvalue weighted by molar-refractivity contribution is 6.17. The fourth-order valence-electron chi connectivity index (χ4n) is 2.18. The molecule has 1 aliphatic rings. The van der Waals surface area contributed by atoms with E-state index < -0.39 is 0 Å². The number of likely N-dealkylation sites (N-methyl/N-ethyl adjacent to an activating group) is 1. The quantitative estimate of drug-likeness (QED) is 0.752. The second-order valence-corrected chi connectivity index (χ2v) is 4.74. The molecule has 1 fully saturated rings. The van der Waals surface area contributed by atoms with Crippen molar-refractivity contribution >= 4 is 17.4 Å². The summed E-state index contributed by atoms with van der Waals surface area (Å²) in [5, 5.41) is 0. The molecule has 0 radical (unpaired) electrons. The lowest BCUT2D eigenvalue weighted by Crippen LogP contribution is -2.32. The zero-order valence-electron chi connectivity index (χ0n) is 9.86. The van der Waals surface area contributed by atoms with Crippen LogP contribution in [0.1, 0.15) is 12.0 Å². The number of hydrogen-bond donors (Lipinski definition) is 0. The minimum Gasteiger partial charge on any atom is -0.355 e. The van der Waals surface area contributed by atoms with E-state index in [4.69, 9.17) is 11.6 Å². The van der Waals surface area contributed by atoms with Gasteiger partial charge in [0.2, 0.25) is 0 Å². The number of rotatable bonds is 3. The van der Waals surface area contributed by atoms with Crippen LogP contribution in [-0.4, -0.2) is 43.1 Å². The average molecular weight is 240 g/mol. The molecule has 1 atom stereocenters. The third-order valence-electron chi connectivity index (χ3n) is 3.20. The Kier molecular flexibility index (Phi) is 3.66. The van der Waals surface area contributed by atoms with Gasteiger partial charge in [-0.15, -0.1) is 11.6 Å². The highest BCUT2D eigenvalue weighted by Gasteiger charge is 2.25. The highest BCUT2D eigenvalue weighted by Crippen LogP contribution is 2.24. The Balaban J connectivity index is 2.14. The van der Waals surface area contributed by atoms with Crippen LogP contribution < -0.4 is 4.90 Å². The van der Waals surface area contributed by atoms with E-state index in [2.05, 4.69) is 34.9 Å². The number of alkyl halides is 1. The van der Waals surface area contributed by atoms with Crippen molar-refractivity contribution in [1.82, 2.24) is 9.88 Å². The molecule has 2 heterocycles. The van der Waals surface area contributed by atoms with Crippen LogP contribution in [0, 0.1) is 0 Å². The molecule has 0 saturated carbocycles. The minimum atomic E-state index is 0.534. The van der Waals surface area contributed by atoms with Crippen LogP contribution in [0.15, 0.2) is 18.3 Å². The highest BCUT2D eigenvalue weighted by atomic mass is 35.5. The third-order valence-corrected chi connectivity index (χ3v) is 3.49. The lowest BCUT2D eigenvalue weighted by atomic mass is 10.2. The van der Waals surface area contributed by atoms with Gasteiger partial charge < -0.3 is 9.80 Å². The van der Waals surface area contributed by atoms with Crippen LogP contribution in [0.4, 0.5) is 5.82 Å². The van der Waals surface area contributed by atoms with Crippen LogP contribution in [-0.2, 0) is 5.88 Å². The zero-order valence-corrected chi connectivity index (χ0v) is 10.6. The van der Waals surface area contributed by atoms with Gasteiger partial charge in [0.15, 0.2) is 0 Å². The SMILES string of the molecule is CN(C)C1CCN(c2ncccc2CCl)C1. The molecule has 2 rings (SSSR count). The fraction of sp³-hybridized carbons (Fsp3) is 0.583. The Morgan fingerprint density at radius 2 is 2.38 bits per heavy atom. The van der Waals surface area contributed by atoms with Crippen LogP contribution in [0.2, 0.25) is 0 Å². The first kappa shape index (κ1) is 11.7. The lowest BCUT2D eigenvalue weighted by molar-refractivity contribution is 0.315. The molecule has 1 aromatic rings. The van der Waals surface area contributed by atoms with Gasteiger partial charge >= 0.3 is 0 Å². The van der Waals surface area contributed by atoms with E-state index in [1.54, 1.807) is 0 Å².